The van der Waals surface area contributed by atoms with Crippen LogP contribution in [-0.2, 0) is 9.59 Å². The number of likely N-dealkylation sites (N-methyl/N-ethyl adjacent to an activating group) is 1. The normalized spacial score (nSPS) is 20.9. The highest BCUT2D eigenvalue weighted by molar-refractivity contribution is 6.31. The van der Waals surface area contributed by atoms with Gasteiger partial charge in [-0.15, -0.1) is 0 Å². The maximum absolute atomic E-state index is 12.9. The van der Waals surface area contributed by atoms with Gasteiger partial charge in [0.05, 0.1) is 12.0 Å². The number of halogens is 1. The Morgan fingerprint density at radius 1 is 1.18 bits per heavy atom. The van der Waals surface area contributed by atoms with Gasteiger partial charge in [-0.3, -0.25) is 14.5 Å². The zero-order valence-corrected chi connectivity index (χ0v) is 17.8. The number of hydrogen-bond acceptors (Lipinski definition) is 3. The first-order chi connectivity index (χ1) is 13.5. The van der Waals surface area contributed by atoms with E-state index in [-0.39, 0.29) is 29.7 Å². The van der Waals surface area contributed by atoms with E-state index in [1.54, 1.807) is 0 Å². The summed E-state index contributed by atoms with van der Waals surface area (Å²) in [7, 11) is 0. The Balaban J connectivity index is 1.62. The first-order valence-electron chi connectivity index (χ1n) is 10.6. The third-order valence-electron chi connectivity index (χ3n) is 6.02. The molecular weight excluding hydrogens is 374 g/mol. The highest BCUT2D eigenvalue weighted by Crippen LogP contribution is 2.32. The molecule has 2 atom stereocenters. The number of carbonyl (C=O) groups excluding carboxylic acids is 2. The molecule has 1 heterocycles. The van der Waals surface area contributed by atoms with E-state index in [1.165, 1.54) is 0 Å². The van der Waals surface area contributed by atoms with Gasteiger partial charge in [0.2, 0.25) is 11.8 Å². The largest absolute Gasteiger partial charge is 0.354 e. The Bertz CT molecular complexity index is 688. The van der Waals surface area contributed by atoms with Crippen LogP contribution in [0.1, 0.15) is 51.1 Å². The molecule has 1 aliphatic carbocycles. The Morgan fingerprint density at radius 3 is 2.54 bits per heavy atom. The summed E-state index contributed by atoms with van der Waals surface area (Å²) in [6.45, 7) is 7.89. The molecule has 6 heteroatoms. The minimum atomic E-state index is -0.111. The molecule has 1 saturated heterocycles. The molecule has 154 valence electrons. The molecule has 0 spiro atoms. The summed E-state index contributed by atoms with van der Waals surface area (Å²) in [5.74, 6) is 0.404. The second-order valence-electron chi connectivity index (χ2n) is 7.90. The number of rotatable bonds is 8. The first-order valence-corrected chi connectivity index (χ1v) is 11.0. The molecule has 1 aliphatic heterocycles. The lowest BCUT2D eigenvalue weighted by molar-refractivity contribution is -0.136. The average molecular weight is 406 g/mol. The topological polar surface area (TPSA) is 52.7 Å². The van der Waals surface area contributed by atoms with Gasteiger partial charge in [-0.05, 0) is 50.4 Å². The zero-order chi connectivity index (χ0) is 20.1. The van der Waals surface area contributed by atoms with Crippen LogP contribution in [0.15, 0.2) is 24.3 Å². The predicted molar refractivity (Wildman–Crippen MR) is 112 cm³/mol. The Labute approximate surface area is 173 Å². The van der Waals surface area contributed by atoms with Crippen molar-refractivity contribution in [2.45, 2.75) is 45.6 Å². The lowest BCUT2D eigenvalue weighted by Gasteiger charge is -2.34. The average Bonchev–Trinajstić information content (AvgIpc) is 3.56. The van der Waals surface area contributed by atoms with Gasteiger partial charge in [-0.2, -0.15) is 0 Å². The minimum absolute atomic E-state index is 0.0421. The quantitative estimate of drug-likeness (QED) is 0.720. The second-order valence-corrected chi connectivity index (χ2v) is 8.31. The molecule has 0 radical (unpaired) electrons. The first kappa shape index (κ1) is 21.1. The molecule has 1 N–H and O–H groups in total. The van der Waals surface area contributed by atoms with Crippen molar-refractivity contribution in [2.24, 2.45) is 11.8 Å². The predicted octanol–water partition coefficient (Wildman–Crippen LogP) is 3.49. The molecular formula is C22H32ClN3O2. The van der Waals surface area contributed by atoms with E-state index in [0.717, 1.165) is 55.9 Å². The molecule has 3 rings (SSSR count). The fraction of sp³-hybridized carbons (Fsp3) is 0.636. The molecule has 2 fully saturated rings. The summed E-state index contributed by atoms with van der Waals surface area (Å²) in [4.78, 5) is 29.4. The number of hydrogen-bond donors (Lipinski definition) is 1. The molecule has 0 bridgehead atoms. The maximum atomic E-state index is 12.9. The van der Waals surface area contributed by atoms with Gasteiger partial charge in [-0.1, -0.05) is 43.6 Å². The Hall–Kier alpha value is -1.59. The number of carbonyl (C=O) groups is 2. The lowest BCUT2D eigenvalue weighted by Crippen LogP contribution is -2.47. The van der Waals surface area contributed by atoms with E-state index >= 15 is 0 Å². The zero-order valence-electron chi connectivity index (χ0n) is 17.0. The van der Waals surface area contributed by atoms with Crippen LogP contribution in [0.3, 0.4) is 0 Å². The van der Waals surface area contributed by atoms with Gasteiger partial charge in [0.15, 0.2) is 0 Å². The molecule has 1 aromatic rings. The van der Waals surface area contributed by atoms with Crippen LogP contribution in [-0.4, -0.2) is 54.3 Å². The van der Waals surface area contributed by atoms with E-state index in [0.29, 0.717) is 13.1 Å². The number of nitrogens with zero attached hydrogens (tertiary/aromatic N) is 2. The number of likely N-dealkylation sites (tertiary alicyclic amines) is 1. The molecule has 28 heavy (non-hydrogen) atoms. The Kier molecular flexibility index (Phi) is 7.36. The minimum Gasteiger partial charge on any atom is -0.354 e. The summed E-state index contributed by atoms with van der Waals surface area (Å²) in [5.41, 5.74) is 1.04. The lowest BCUT2D eigenvalue weighted by atomic mass is 9.96. The Morgan fingerprint density at radius 2 is 1.89 bits per heavy atom. The molecule has 5 nitrogen and oxygen atoms in total. The van der Waals surface area contributed by atoms with Crippen molar-refractivity contribution in [1.82, 2.24) is 15.1 Å². The molecule has 2 aliphatic rings. The van der Waals surface area contributed by atoms with Crippen LogP contribution in [0.5, 0.6) is 0 Å². The van der Waals surface area contributed by atoms with Gasteiger partial charge in [-0.25, -0.2) is 0 Å². The molecule has 0 aromatic heterocycles. The van der Waals surface area contributed by atoms with Crippen molar-refractivity contribution in [3.8, 4) is 0 Å². The SMILES string of the molecule is CCN(CC)C(CNC(=O)C1CCCN(C(=O)C2CC2)C1)c1ccccc1Cl. The van der Waals surface area contributed by atoms with Crippen molar-refractivity contribution in [2.75, 3.05) is 32.7 Å². The van der Waals surface area contributed by atoms with E-state index < -0.39 is 0 Å². The van der Waals surface area contributed by atoms with Gasteiger partial charge in [0, 0.05) is 30.6 Å². The third kappa shape index (κ3) is 5.06. The maximum Gasteiger partial charge on any atom is 0.225 e. The van der Waals surface area contributed by atoms with Crippen LogP contribution in [0.25, 0.3) is 0 Å². The van der Waals surface area contributed by atoms with Crippen molar-refractivity contribution in [3.63, 3.8) is 0 Å². The van der Waals surface area contributed by atoms with Crippen molar-refractivity contribution < 1.29 is 9.59 Å². The molecule has 1 saturated carbocycles. The number of piperidine rings is 1. The van der Waals surface area contributed by atoms with E-state index in [4.69, 9.17) is 11.6 Å². The highest BCUT2D eigenvalue weighted by Gasteiger charge is 2.36. The summed E-state index contributed by atoms with van der Waals surface area (Å²) >= 11 is 6.45. The fourth-order valence-electron chi connectivity index (χ4n) is 4.17. The van der Waals surface area contributed by atoms with E-state index in [9.17, 15) is 9.59 Å². The van der Waals surface area contributed by atoms with Crippen LogP contribution >= 0.6 is 11.6 Å². The van der Waals surface area contributed by atoms with Crippen molar-refractivity contribution in [1.29, 1.82) is 0 Å². The third-order valence-corrected chi connectivity index (χ3v) is 6.36. The van der Waals surface area contributed by atoms with E-state index in [1.807, 2.05) is 29.2 Å². The van der Waals surface area contributed by atoms with Gasteiger partial charge < -0.3 is 10.2 Å². The molecule has 2 amide bonds. The van der Waals surface area contributed by atoms with Crippen LogP contribution in [0.2, 0.25) is 5.02 Å². The highest BCUT2D eigenvalue weighted by atomic mass is 35.5. The van der Waals surface area contributed by atoms with Gasteiger partial charge in [0.25, 0.3) is 0 Å². The van der Waals surface area contributed by atoms with E-state index in [2.05, 4.69) is 24.1 Å². The van der Waals surface area contributed by atoms with Gasteiger partial charge in [0.1, 0.15) is 0 Å². The van der Waals surface area contributed by atoms with Crippen molar-refractivity contribution >= 4 is 23.4 Å². The fourth-order valence-corrected chi connectivity index (χ4v) is 4.43. The summed E-state index contributed by atoms with van der Waals surface area (Å²) in [6.07, 6.45) is 3.77. The number of benzene rings is 1. The van der Waals surface area contributed by atoms with Crippen LogP contribution in [0.4, 0.5) is 0 Å². The number of nitrogens with one attached hydrogen (secondary N) is 1. The van der Waals surface area contributed by atoms with Gasteiger partial charge >= 0.3 is 0 Å². The van der Waals surface area contributed by atoms with Crippen LogP contribution in [0, 0.1) is 11.8 Å². The number of amides is 2. The standard InChI is InChI=1S/C22H32ClN3O2/c1-3-25(4-2)20(18-9-5-6-10-19(18)23)14-24-21(27)17-8-7-13-26(15-17)22(28)16-11-12-16/h5-6,9-10,16-17,20H,3-4,7-8,11-15H2,1-2H3,(H,24,27). The monoisotopic (exact) mass is 405 g/mol. The smallest absolute Gasteiger partial charge is 0.225 e. The second kappa shape index (κ2) is 9.75. The summed E-state index contributed by atoms with van der Waals surface area (Å²) in [5, 5.41) is 3.88. The van der Waals surface area contributed by atoms with Crippen LogP contribution < -0.4 is 5.32 Å². The molecule has 2 unspecified atom stereocenters. The summed E-state index contributed by atoms with van der Waals surface area (Å²) in [6, 6.07) is 7.89. The summed E-state index contributed by atoms with van der Waals surface area (Å²) < 4.78 is 0. The molecule has 1 aromatic carbocycles. The van der Waals surface area contributed by atoms with Crippen molar-refractivity contribution in [3.05, 3.63) is 34.9 Å².